The Morgan fingerprint density at radius 1 is 1.50 bits per heavy atom. The van der Waals surface area contributed by atoms with Gasteiger partial charge >= 0.3 is 0 Å². The molecule has 0 bridgehead atoms. The van der Waals surface area contributed by atoms with Crippen LogP contribution in [0.25, 0.3) is 0 Å². The molecule has 1 fully saturated rings. The van der Waals surface area contributed by atoms with Gasteiger partial charge in [0.05, 0.1) is 6.61 Å². The highest BCUT2D eigenvalue weighted by Crippen LogP contribution is 2.34. The van der Waals surface area contributed by atoms with E-state index in [9.17, 15) is 5.11 Å². The van der Waals surface area contributed by atoms with E-state index in [1.54, 1.807) is 0 Å². The predicted octanol–water partition coefficient (Wildman–Crippen LogP) is 2.83. The fraction of sp³-hybridized carbons (Fsp3) is 0.611. The second-order valence-electron chi connectivity index (χ2n) is 6.91. The quantitative estimate of drug-likeness (QED) is 0.851. The average Bonchev–Trinajstić information content (AvgIpc) is 2.85. The molecule has 120 valence electrons. The van der Waals surface area contributed by atoms with Crippen molar-refractivity contribution in [1.82, 2.24) is 9.47 Å². The molecule has 0 radical (unpaired) electrons. The van der Waals surface area contributed by atoms with Crippen LogP contribution in [0.15, 0.2) is 23.9 Å². The van der Waals surface area contributed by atoms with Crippen LogP contribution in [0.3, 0.4) is 0 Å². The average molecular weight is 301 g/mol. The molecular weight excluding hydrogens is 274 g/mol. The number of likely N-dealkylation sites (tertiary alicyclic amines) is 1. The van der Waals surface area contributed by atoms with Crippen molar-refractivity contribution in [3.8, 4) is 6.07 Å². The number of aliphatic hydroxyl groups excluding tert-OH is 1. The van der Waals surface area contributed by atoms with Crippen LogP contribution in [-0.2, 0) is 13.6 Å². The smallest absolute Gasteiger partial charge is 0.120 e. The number of nitrogens with zero attached hydrogens (tertiary/aromatic N) is 3. The summed E-state index contributed by atoms with van der Waals surface area (Å²) in [4.78, 5) is 2.41. The molecule has 2 heterocycles. The van der Waals surface area contributed by atoms with E-state index in [0.717, 1.165) is 38.9 Å². The van der Waals surface area contributed by atoms with Crippen LogP contribution in [0.4, 0.5) is 0 Å². The Morgan fingerprint density at radius 3 is 2.86 bits per heavy atom. The normalized spacial score (nSPS) is 22.3. The number of aromatic nitrogens is 1. The minimum atomic E-state index is -0.0115. The van der Waals surface area contributed by atoms with E-state index in [4.69, 9.17) is 5.26 Å². The highest BCUT2D eigenvalue weighted by atomic mass is 16.3. The molecule has 0 aliphatic carbocycles. The summed E-state index contributed by atoms with van der Waals surface area (Å²) in [6.45, 7) is 7.30. The molecule has 1 aromatic rings. The van der Waals surface area contributed by atoms with Crippen LogP contribution in [0.1, 0.15) is 44.4 Å². The number of piperidine rings is 1. The number of hydrogen-bond acceptors (Lipinski definition) is 3. The molecule has 0 spiro atoms. The number of rotatable bonds is 5. The van der Waals surface area contributed by atoms with E-state index in [1.807, 2.05) is 23.9 Å². The zero-order valence-corrected chi connectivity index (χ0v) is 14.0. The summed E-state index contributed by atoms with van der Waals surface area (Å²) < 4.78 is 1.88. The Labute approximate surface area is 133 Å². The van der Waals surface area contributed by atoms with Gasteiger partial charge in [0.15, 0.2) is 0 Å². The third-order valence-corrected chi connectivity index (χ3v) is 4.60. The molecule has 4 heteroatoms. The van der Waals surface area contributed by atoms with Gasteiger partial charge in [0, 0.05) is 31.7 Å². The topological polar surface area (TPSA) is 52.2 Å². The summed E-state index contributed by atoms with van der Waals surface area (Å²) in [5.74, 6) is 0. The Bertz CT molecular complexity index is 578. The van der Waals surface area contributed by atoms with Gasteiger partial charge in [-0.15, -0.1) is 0 Å². The van der Waals surface area contributed by atoms with Gasteiger partial charge in [-0.05, 0) is 51.3 Å². The first-order valence-electron chi connectivity index (χ1n) is 8.00. The van der Waals surface area contributed by atoms with Gasteiger partial charge in [0.2, 0.25) is 0 Å². The van der Waals surface area contributed by atoms with Crippen molar-refractivity contribution in [2.45, 2.75) is 39.7 Å². The number of allylic oxidation sites excluding steroid dienone is 2. The maximum Gasteiger partial charge on any atom is 0.120 e. The fourth-order valence-electron chi connectivity index (χ4n) is 3.31. The summed E-state index contributed by atoms with van der Waals surface area (Å²) >= 11 is 0. The maximum absolute atomic E-state index is 9.92. The van der Waals surface area contributed by atoms with E-state index in [1.165, 1.54) is 11.1 Å². The molecule has 1 aromatic heterocycles. The SMILES string of the molecule is CC(C)=CC[C@]1(CO)CCCN(Cc2cc(C#N)n(C)c2)C1. The zero-order valence-electron chi connectivity index (χ0n) is 14.0. The van der Waals surface area contributed by atoms with Gasteiger partial charge in [-0.3, -0.25) is 4.90 Å². The van der Waals surface area contributed by atoms with E-state index in [-0.39, 0.29) is 12.0 Å². The van der Waals surface area contributed by atoms with E-state index in [0.29, 0.717) is 5.69 Å². The molecule has 0 amide bonds. The first-order valence-corrected chi connectivity index (χ1v) is 8.00. The molecule has 1 aliphatic rings. The molecule has 22 heavy (non-hydrogen) atoms. The van der Waals surface area contributed by atoms with Gasteiger partial charge in [-0.2, -0.15) is 5.26 Å². The highest BCUT2D eigenvalue weighted by Gasteiger charge is 2.34. The van der Waals surface area contributed by atoms with Gasteiger partial charge in [-0.25, -0.2) is 0 Å². The van der Waals surface area contributed by atoms with Crippen molar-refractivity contribution in [3.05, 3.63) is 35.2 Å². The largest absolute Gasteiger partial charge is 0.396 e. The number of nitriles is 1. The second kappa shape index (κ2) is 7.13. The summed E-state index contributed by atoms with van der Waals surface area (Å²) in [6, 6.07) is 4.17. The number of hydrogen-bond donors (Lipinski definition) is 1. The molecule has 4 nitrogen and oxygen atoms in total. The molecule has 1 saturated heterocycles. The molecule has 0 aromatic carbocycles. The monoisotopic (exact) mass is 301 g/mol. The minimum absolute atomic E-state index is 0.0115. The van der Waals surface area contributed by atoms with Crippen molar-refractivity contribution in [2.75, 3.05) is 19.7 Å². The van der Waals surface area contributed by atoms with Crippen LogP contribution in [0, 0.1) is 16.7 Å². The van der Waals surface area contributed by atoms with Crippen molar-refractivity contribution in [1.29, 1.82) is 5.26 Å². The summed E-state index contributed by atoms with van der Waals surface area (Å²) in [5.41, 5.74) is 3.18. The van der Waals surface area contributed by atoms with Crippen LogP contribution in [-0.4, -0.2) is 34.3 Å². The van der Waals surface area contributed by atoms with Gasteiger partial charge < -0.3 is 9.67 Å². The Balaban J connectivity index is 2.05. The van der Waals surface area contributed by atoms with Crippen molar-refractivity contribution < 1.29 is 5.11 Å². The Kier molecular flexibility index (Phi) is 5.44. The van der Waals surface area contributed by atoms with Crippen LogP contribution >= 0.6 is 0 Å². The molecule has 2 rings (SSSR count). The van der Waals surface area contributed by atoms with E-state index in [2.05, 4.69) is 30.9 Å². The predicted molar refractivity (Wildman–Crippen MR) is 88.2 cm³/mol. The molecule has 1 N–H and O–H groups in total. The second-order valence-corrected chi connectivity index (χ2v) is 6.91. The standard InChI is InChI=1S/C18H27N3O/c1-15(2)5-7-18(14-22)6-4-8-21(13-18)12-16-9-17(10-19)20(3)11-16/h5,9,11,22H,4,6-8,12-14H2,1-3H3/t18-/m1/s1. The molecular formula is C18H27N3O. The maximum atomic E-state index is 9.92. The summed E-state index contributed by atoms with van der Waals surface area (Å²) in [5, 5.41) is 19.0. The van der Waals surface area contributed by atoms with Crippen LogP contribution in [0.5, 0.6) is 0 Å². The van der Waals surface area contributed by atoms with Crippen molar-refractivity contribution in [3.63, 3.8) is 0 Å². The highest BCUT2D eigenvalue weighted by molar-refractivity contribution is 5.28. The Morgan fingerprint density at radius 2 is 2.27 bits per heavy atom. The number of aliphatic hydroxyl groups is 1. The molecule has 0 saturated carbocycles. The lowest BCUT2D eigenvalue weighted by atomic mass is 9.77. The van der Waals surface area contributed by atoms with Crippen molar-refractivity contribution in [2.24, 2.45) is 12.5 Å². The van der Waals surface area contributed by atoms with E-state index >= 15 is 0 Å². The molecule has 0 unspecified atom stereocenters. The zero-order chi connectivity index (χ0) is 16.2. The first-order chi connectivity index (χ1) is 10.5. The van der Waals surface area contributed by atoms with Crippen LogP contribution < -0.4 is 0 Å². The van der Waals surface area contributed by atoms with Crippen LogP contribution in [0.2, 0.25) is 0 Å². The third kappa shape index (κ3) is 4.00. The summed E-state index contributed by atoms with van der Waals surface area (Å²) in [7, 11) is 1.91. The number of aryl methyl sites for hydroxylation is 1. The lowest BCUT2D eigenvalue weighted by Crippen LogP contribution is -2.44. The fourth-order valence-corrected chi connectivity index (χ4v) is 3.31. The van der Waals surface area contributed by atoms with Gasteiger partial charge in [0.25, 0.3) is 0 Å². The molecule has 1 atom stereocenters. The lowest BCUT2D eigenvalue weighted by Gasteiger charge is -2.41. The molecule has 1 aliphatic heterocycles. The Hall–Kier alpha value is -1.57. The minimum Gasteiger partial charge on any atom is -0.396 e. The van der Waals surface area contributed by atoms with Crippen molar-refractivity contribution >= 4 is 0 Å². The van der Waals surface area contributed by atoms with Gasteiger partial charge in [0.1, 0.15) is 11.8 Å². The lowest BCUT2D eigenvalue weighted by molar-refractivity contribution is 0.0307. The summed E-state index contributed by atoms with van der Waals surface area (Å²) in [6.07, 6.45) is 7.43. The third-order valence-electron chi connectivity index (χ3n) is 4.60. The van der Waals surface area contributed by atoms with E-state index < -0.39 is 0 Å². The van der Waals surface area contributed by atoms with Gasteiger partial charge in [-0.1, -0.05) is 11.6 Å². The first kappa shape index (κ1) is 16.8.